The van der Waals surface area contributed by atoms with Crippen molar-refractivity contribution in [1.29, 1.82) is 0 Å². The monoisotopic (exact) mass is 272 g/mol. The second-order valence-corrected chi connectivity index (χ2v) is 7.40. The number of aliphatic hydroxyl groups excluding tert-OH is 1. The average Bonchev–Trinajstić information content (AvgIpc) is 2.86. The van der Waals surface area contributed by atoms with E-state index in [1.165, 1.54) is 0 Å². The Balaban J connectivity index is 1.90. The maximum atomic E-state index is 11.4. The van der Waals surface area contributed by atoms with E-state index in [1.54, 1.807) is 4.68 Å². The molecule has 1 saturated heterocycles. The lowest BCUT2D eigenvalue weighted by molar-refractivity contribution is 0.176. The van der Waals surface area contributed by atoms with Gasteiger partial charge < -0.3 is 5.11 Å². The van der Waals surface area contributed by atoms with Crippen LogP contribution in [0.5, 0.6) is 0 Å². The lowest BCUT2D eigenvalue weighted by atomic mass is 9.88. The number of sulfone groups is 1. The molecule has 0 saturated carbocycles. The highest BCUT2D eigenvalue weighted by molar-refractivity contribution is 7.91. The van der Waals surface area contributed by atoms with Crippen LogP contribution < -0.4 is 0 Å². The molecule has 1 aromatic rings. The number of aromatic nitrogens is 2. The first kappa shape index (κ1) is 13.5. The summed E-state index contributed by atoms with van der Waals surface area (Å²) in [5.74, 6) is 0.728. The van der Waals surface area contributed by atoms with Crippen LogP contribution in [0.2, 0.25) is 0 Å². The molecule has 2 rings (SSSR count). The Bertz CT molecular complexity index is 495. The topological polar surface area (TPSA) is 72.2 Å². The van der Waals surface area contributed by atoms with Gasteiger partial charge >= 0.3 is 0 Å². The van der Waals surface area contributed by atoms with E-state index >= 15 is 0 Å². The SMILES string of the molecule is Cn1cc(CCC(CO)C2CCS(=O)(=O)C2)cn1. The highest BCUT2D eigenvalue weighted by Crippen LogP contribution is 2.28. The summed E-state index contributed by atoms with van der Waals surface area (Å²) in [6.07, 6.45) is 6.14. The summed E-state index contributed by atoms with van der Waals surface area (Å²) in [5.41, 5.74) is 1.14. The van der Waals surface area contributed by atoms with Crippen molar-refractivity contribution in [3.8, 4) is 0 Å². The normalized spacial score (nSPS) is 24.2. The molecule has 102 valence electrons. The summed E-state index contributed by atoms with van der Waals surface area (Å²) in [6.45, 7) is 0.0699. The molecule has 2 heterocycles. The Morgan fingerprint density at radius 2 is 2.39 bits per heavy atom. The zero-order valence-electron chi connectivity index (χ0n) is 10.6. The largest absolute Gasteiger partial charge is 0.396 e. The van der Waals surface area contributed by atoms with Gasteiger partial charge in [0.05, 0.1) is 17.7 Å². The van der Waals surface area contributed by atoms with Crippen molar-refractivity contribution in [1.82, 2.24) is 9.78 Å². The Morgan fingerprint density at radius 3 is 2.89 bits per heavy atom. The molecule has 18 heavy (non-hydrogen) atoms. The Labute approximate surface area is 108 Å². The van der Waals surface area contributed by atoms with E-state index in [2.05, 4.69) is 5.10 Å². The second-order valence-electron chi connectivity index (χ2n) is 5.17. The maximum absolute atomic E-state index is 11.4. The number of hydrogen-bond acceptors (Lipinski definition) is 4. The molecule has 0 radical (unpaired) electrons. The lowest BCUT2D eigenvalue weighted by Crippen LogP contribution is -2.20. The Morgan fingerprint density at radius 1 is 1.61 bits per heavy atom. The summed E-state index contributed by atoms with van der Waals surface area (Å²) < 4.78 is 24.6. The third-order valence-electron chi connectivity index (χ3n) is 3.73. The van der Waals surface area contributed by atoms with Crippen LogP contribution in [0.25, 0.3) is 0 Å². The zero-order chi connectivity index (χ0) is 13.2. The van der Waals surface area contributed by atoms with E-state index in [1.807, 2.05) is 19.4 Å². The van der Waals surface area contributed by atoms with Gasteiger partial charge in [0.15, 0.2) is 9.84 Å². The van der Waals surface area contributed by atoms with Crippen molar-refractivity contribution in [2.75, 3.05) is 18.1 Å². The first-order valence-electron chi connectivity index (χ1n) is 6.29. The minimum Gasteiger partial charge on any atom is -0.396 e. The van der Waals surface area contributed by atoms with Gasteiger partial charge in [-0.15, -0.1) is 0 Å². The average molecular weight is 272 g/mol. The van der Waals surface area contributed by atoms with Crippen LogP contribution in [0.4, 0.5) is 0 Å². The van der Waals surface area contributed by atoms with Crippen molar-refractivity contribution < 1.29 is 13.5 Å². The van der Waals surface area contributed by atoms with Gasteiger partial charge in [0, 0.05) is 19.9 Å². The first-order valence-corrected chi connectivity index (χ1v) is 8.11. The number of rotatable bonds is 5. The molecule has 1 aliphatic rings. The predicted octanol–water partition coefficient (Wildman–Crippen LogP) is 0.396. The molecule has 1 aromatic heterocycles. The smallest absolute Gasteiger partial charge is 0.150 e. The molecule has 1 aliphatic heterocycles. The number of aryl methyl sites for hydroxylation is 2. The van der Waals surface area contributed by atoms with Gasteiger partial charge in [-0.1, -0.05) is 0 Å². The third kappa shape index (κ3) is 3.32. The minimum absolute atomic E-state index is 0.0699. The van der Waals surface area contributed by atoms with Crippen LogP contribution >= 0.6 is 0 Å². The van der Waals surface area contributed by atoms with Crippen LogP contribution in [0.15, 0.2) is 12.4 Å². The van der Waals surface area contributed by atoms with Gasteiger partial charge in [-0.05, 0) is 36.7 Å². The summed E-state index contributed by atoms with van der Waals surface area (Å²) in [5, 5.41) is 13.5. The zero-order valence-corrected chi connectivity index (χ0v) is 11.4. The molecule has 0 aromatic carbocycles. The van der Waals surface area contributed by atoms with E-state index in [4.69, 9.17) is 0 Å². The summed E-state index contributed by atoms with van der Waals surface area (Å²) in [4.78, 5) is 0. The number of aliphatic hydroxyl groups is 1. The molecular weight excluding hydrogens is 252 g/mol. The molecule has 0 bridgehead atoms. The predicted molar refractivity (Wildman–Crippen MR) is 68.9 cm³/mol. The molecule has 6 heteroatoms. The van der Waals surface area contributed by atoms with Crippen molar-refractivity contribution in [2.45, 2.75) is 19.3 Å². The Kier molecular flexibility index (Phi) is 4.07. The van der Waals surface area contributed by atoms with Gasteiger partial charge in [-0.2, -0.15) is 5.10 Å². The highest BCUT2D eigenvalue weighted by Gasteiger charge is 2.33. The van der Waals surface area contributed by atoms with Crippen LogP contribution in [-0.4, -0.2) is 41.4 Å². The highest BCUT2D eigenvalue weighted by atomic mass is 32.2. The quantitative estimate of drug-likeness (QED) is 0.842. The van der Waals surface area contributed by atoms with E-state index < -0.39 is 9.84 Å². The maximum Gasteiger partial charge on any atom is 0.150 e. The molecule has 1 N–H and O–H groups in total. The Hall–Kier alpha value is -0.880. The van der Waals surface area contributed by atoms with Gasteiger partial charge in [-0.25, -0.2) is 8.42 Å². The minimum atomic E-state index is -2.86. The molecule has 5 nitrogen and oxygen atoms in total. The van der Waals surface area contributed by atoms with E-state index in [-0.39, 0.29) is 29.9 Å². The van der Waals surface area contributed by atoms with Gasteiger partial charge in [-0.3, -0.25) is 4.68 Å². The number of hydrogen-bond donors (Lipinski definition) is 1. The second kappa shape index (κ2) is 5.40. The van der Waals surface area contributed by atoms with Crippen LogP contribution in [0, 0.1) is 11.8 Å². The van der Waals surface area contributed by atoms with Crippen molar-refractivity contribution in [3.05, 3.63) is 18.0 Å². The van der Waals surface area contributed by atoms with Gasteiger partial charge in [0.2, 0.25) is 0 Å². The lowest BCUT2D eigenvalue weighted by Gasteiger charge is -2.19. The van der Waals surface area contributed by atoms with Crippen LogP contribution in [0.1, 0.15) is 18.4 Å². The van der Waals surface area contributed by atoms with Gasteiger partial charge in [0.25, 0.3) is 0 Å². The van der Waals surface area contributed by atoms with Crippen molar-refractivity contribution in [3.63, 3.8) is 0 Å². The molecule has 0 spiro atoms. The first-order chi connectivity index (χ1) is 8.50. The standard InChI is InChI=1S/C12H20N2O3S/c1-14-7-10(6-13-14)2-3-11(8-15)12-4-5-18(16,17)9-12/h6-7,11-12,15H,2-5,8-9H2,1H3. The molecule has 2 unspecified atom stereocenters. The fourth-order valence-electron chi connectivity index (χ4n) is 2.62. The molecule has 0 amide bonds. The summed E-state index contributed by atoms with van der Waals surface area (Å²) in [7, 11) is -0.985. The van der Waals surface area contributed by atoms with E-state index in [0.29, 0.717) is 6.42 Å². The molecule has 2 atom stereocenters. The van der Waals surface area contributed by atoms with Gasteiger partial charge in [0.1, 0.15) is 0 Å². The molecule has 0 aliphatic carbocycles. The van der Waals surface area contributed by atoms with Crippen molar-refractivity contribution >= 4 is 9.84 Å². The van der Waals surface area contributed by atoms with Crippen LogP contribution in [-0.2, 0) is 23.3 Å². The third-order valence-corrected chi connectivity index (χ3v) is 5.52. The number of nitrogens with zero attached hydrogens (tertiary/aromatic N) is 2. The molecular formula is C12H20N2O3S. The van der Waals surface area contributed by atoms with Crippen LogP contribution in [0.3, 0.4) is 0 Å². The fourth-order valence-corrected chi connectivity index (χ4v) is 4.54. The summed E-state index contributed by atoms with van der Waals surface area (Å²) in [6, 6.07) is 0. The summed E-state index contributed by atoms with van der Waals surface area (Å²) >= 11 is 0. The molecule has 1 fully saturated rings. The van der Waals surface area contributed by atoms with E-state index in [0.717, 1.165) is 18.4 Å². The fraction of sp³-hybridized carbons (Fsp3) is 0.750. The van der Waals surface area contributed by atoms with Crippen molar-refractivity contribution in [2.24, 2.45) is 18.9 Å². The van der Waals surface area contributed by atoms with E-state index in [9.17, 15) is 13.5 Å².